The lowest BCUT2D eigenvalue weighted by molar-refractivity contribution is 1.16. The Bertz CT molecular complexity index is 605. The molecule has 0 aliphatic rings. The monoisotopic (exact) mass is 227 g/mol. The predicted molar refractivity (Wildman–Crippen MR) is 71.0 cm³/mol. The number of thiophene rings is 1. The lowest BCUT2D eigenvalue weighted by Gasteiger charge is -1.98. The van der Waals surface area contributed by atoms with E-state index < -0.39 is 0 Å². The van der Waals surface area contributed by atoms with E-state index in [9.17, 15) is 0 Å². The van der Waals surface area contributed by atoms with Crippen LogP contribution in [0.15, 0.2) is 41.8 Å². The fourth-order valence-corrected chi connectivity index (χ4v) is 2.95. The highest BCUT2D eigenvalue weighted by atomic mass is 32.1. The highest BCUT2D eigenvalue weighted by molar-refractivity contribution is 7.13. The van der Waals surface area contributed by atoms with Crippen molar-refractivity contribution in [3.63, 3.8) is 0 Å². The second-order valence-corrected chi connectivity index (χ2v) is 4.80. The summed E-state index contributed by atoms with van der Waals surface area (Å²) < 4.78 is 0. The second-order valence-electron chi connectivity index (χ2n) is 3.85. The van der Waals surface area contributed by atoms with E-state index in [1.807, 2.05) is 0 Å². The number of aryl methyl sites for hydroxylation is 1. The van der Waals surface area contributed by atoms with Crippen LogP contribution in [0.5, 0.6) is 0 Å². The van der Waals surface area contributed by atoms with Crippen LogP contribution in [-0.4, -0.2) is 4.98 Å². The molecular formula is C14H13NS. The summed E-state index contributed by atoms with van der Waals surface area (Å²) in [5, 5.41) is 3.48. The summed E-state index contributed by atoms with van der Waals surface area (Å²) in [4.78, 5) is 4.85. The van der Waals surface area contributed by atoms with Crippen LogP contribution in [-0.2, 0) is 6.42 Å². The first kappa shape index (κ1) is 9.67. The summed E-state index contributed by atoms with van der Waals surface area (Å²) in [6.45, 7) is 2.22. The summed E-state index contributed by atoms with van der Waals surface area (Å²) >= 11 is 1.79. The van der Waals surface area contributed by atoms with Gasteiger partial charge in [-0.3, -0.25) is 0 Å². The molecule has 0 aliphatic carbocycles. The molecule has 1 aromatic carbocycles. The average Bonchev–Trinajstić information content (AvgIpc) is 2.95. The lowest BCUT2D eigenvalue weighted by Crippen LogP contribution is -1.80. The van der Waals surface area contributed by atoms with E-state index in [4.69, 9.17) is 0 Å². The number of benzene rings is 1. The van der Waals surface area contributed by atoms with Crippen LogP contribution < -0.4 is 0 Å². The molecule has 0 aliphatic heterocycles. The minimum atomic E-state index is 1.07. The third-order valence-electron chi connectivity index (χ3n) is 2.93. The van der Waals surface area contributed by atoms with Crippen LogP contribution >= 0.6 is 11.3 Å². The van der Waals surface area contributed by atoms with Crippen LogP contribution in [0, 0.1) is 0 Å². The number of hydrogen-bond acceptors (Lipinski definition) is 1. The van der Waals surface area contributed by atoms with Gasteiger partial charge in [0.1, 0.15) is 0 Å². The van der Waals surface area contributed by atoms with Gasteiger partial charge in [-0.2, -0.15) is 0 Å². The molecule has 0 unspecified atom stereocenters. The van der Waals surface area contributed by atoms with Gasteiger partial charge in [0.05, 0.1) is 10.6 Å². The maximum absolute atomic E-state index is 3.53. The average molecular weight is 227 g/mol. The normalized spacial score (nSPS) is 11.1. The Kier molecular flexibility index (Phi) is 2.29. The molecule has 0 amide bonds. The Labute approximate surface area is 98.7 Å². The summed E-state index contributed by atoms with van der Waals surface area (Å²) in [6, 6.07) is 12.8. The van der Waals surface area contributed by atoms with E-state index in [1.54, 1.807) is 11.3 Å². The molecule has 2 heterocycles. The molecule has 1 nitrogen and oxygen atoms in total. The summed E-state index contributed by atoms with van der Waals surface area (Å²) in [5.74, 6) is 0. The van der Waals surface area contributed by atoms with Gasteiger partial charge in [-0.15, -0.1) is 11.3 Å². The maximum atomic E-state index is 3.53. The van der Waals surface area contributed by atoms with E-state index in [0.717, 1.165) is 6.42 Å². The number of nitrogens with one attached hydrogen (secondary N) is 1. The van der Waals surface area contributed by atoms with Crippen molar-refractivity contribution < 1.29 is 0 Å². The third kappa shape index (κ3) is 1.38. The van der Waals surface area contributed by atoms with Crippen LogP contribution in [0.4, 0.5) is 0 Å². The van der Waals surface area contributed by atoms with Gasteiger partial charge >= 0.3 is 0 Å². The number of rotatable bonds is 2. The Morgan fingerprint density at radius 3 is 2.75 bits per heavy atom. The first-order chi connectivity index (χ1) is 7.90. The van der Waals surface area contributed by atoms with Crippen molar-refractivity contribution in [3.05, 3.63) is 47.3 Å². The lowest BCUT2D eigenvalue weighted by atomic mass is 10.1. The molecule has 2 heteroatoms. The number of hydrogen-bond donors (Lipinski definition) is 1. The van der Waals surface area contributed by atoms with Gasteiger partial charge in [0, 0.05) is 10.9 Å². The van der Waals surface area contributed by atoms with E-state index in [1.165, 1.54) is 27.0 Å². The van der Waals surface area contributed by atoms with Crippen LogP contribution in [0.2, 0.25) is 0 Å². The molecule has 0 atom stereocenters. The zero-order valence-corrected chi connectivity index (χ0v) is 9.97. The van der Waals surface area contributed by atoms with Crippen LogP contribution in [0.1, 0.15) is 12.5 Å². The van der Waals surface area contributed by atoms with Gasteiger partial charge in [0.2, 0.25) is 0 Å². The molecule has 0 bridgehead atoms. The zero-order chi connectivity index (χ0) is 11.0. The van der Waals surface area contributed by atoms with Crippen molar-refractivity contribution >= 4 is 22.2 Å². The molecule has 1 N–H and O–H groups in total. The smallest absolute Gasteiger partial charge is 0.0598 e. The van der Waals surface area contributed by atoms with E-state index in [2.05, 4.69) is 53.7 Å². The second kappa shape index (κ2) is 3.80. The number of para-hydroxylation sites is 1. The standard InChI is InChI=1S/C14H13NS/c1-2-10-11-6-3-4-7-12(11)15-14(10)13-8-5-9-16-13/h3-9,15H,2H2,1H3. The maximum Gasteiger partial charge on any atom is 0.0598 e. The van der Waals surface area contributed by atoms with Crippen LogP contribution in [0.3, 0.4) is 0 Å². The Morgan fingerprint density at radius 2 is 2.00 bits per heavy atom. The van der Waals surface area contributed by atoms with E-state index in [0.29, 0.717) is 0 Å². The highest BCUT2D eigenvalue weighted by Crippen LogP contribution is 2.32. The molecule has 3 aromatic rings. The summed E-state index contributed by atoms with van der Waals surface area (Å²) in [7, 11) is 0. The van der Waals surface area contributed by atoms with Gasteiger partial charge < -0.3 is 4.98 Å². The number of aromatic amines is 1. The molecular weight excluding hydrogens is 214 g/mol. The van der Waals surface area contributed by atoms with Crippen molar-refractivity contribution in [2.24, 2.45) is 0 Å². The van der Waals surface area contributed by atoms with Crippen molar-refractivity contribution in [1.82, 2.24) is 4.98 Å². The van der Waals surface area contributed by atoms with E-state index >= 15 is 0 Å². The van der Waals surface area contributed by atoms with Crippen molar-refractivity contribution in [2.45, 2.75) is 13.3 Å². The fraction of sp³-hybridized carbons (Fsp3) is 0.143. The van der Waals surface area contributed by atoms with Crippen molar-refractivity contribution in [1.29, 1.82) is 0 Å². The molecule has 0 saturated carbocycles. The Morgan fingerprint density at radius 1 is 1.12 bits per heavy atom. The zero-order valence-electron chi connectivity index (χ0n) is 9.16. The molecule has 2 aromatic heterocycles. The van der Waals surface area contributed by atoms with Gasteiger partial charge in [0.15, 0.2) is 0 Å². The fourth-order valence-electron chi connectivity index (χ4n) is 2.20. The number of H-pyrrole nitrogens is 1. The van der Waals surface area contributed by atoms with E-state index in [-0.39, 0.29) is 0 Å². The number of fused-ring (bicyclic) bond motifs is 1. The molecule has 0 fully saturated rings. The molecule has 0 spiro atoms. The SMILES string of the molecule is CCc1c(-c2cccs2)[nH]c2ccccc12. The topological polar surface area (TPSA) is 15.8 Å². The minimum absolute atomic E-state index is 1.07. The van der Waals surface area contributed by atoms with Gasteiger partial charge in [-0.25, -0.2) is 0 Å². The molecule has 80 valence electrons. The summed E-state index contributed by atoms with van der Waals surface area (Å²) in [5.41, 5.74) is 3.96. The minimum Gasteiger partial charge on any atom is -0.354 e. The summed E-state index contributed by atoms with van der Waals surface area (Å²) in [6.07, 6.45) is 1.07. The first-order valence-electron chi connectivity index (χ1n) is 5.53. The number of aromatic nitrogens is 1. The predicted octanol–water partition coefficient (Wildman–Crippen LogP) is 4.46. The van der Waals surface area contributed by atoms with Gasteiger partial charge in [-0.05, 0) is 29.5 Å². The molecule has 3 rings (SSSR count). The largest absolute Gasteiger partial charge is 0.354 e. The molecule has 0 radical (unpaired) electrons. The van der Waals surface area contributed by atoms with Gasteiger partial charge in [-0.1, -0.05) is 31.2 Å². The molecule has 16 heavy (non-hydrogen) atoms. The quantitative estimate of drug-likeness (QED) is 0.665. The van der Waals surface area contributed by atoms with Crippen LogP contribution in [0.25, 0.3) is 21.5 Å². The molecule has 0 saturated heterocycles. The van der Waals surface area contributed by atoms with Crippen molar-refractivity contribution in [3.8, 4) is 10.6 Å². The Balaban J connectivity index is 2.32. The first-order valence-corrected chi connectivity index (χ1v) is 6.41. The van der Waals surface area contributed by atoms with Crippen molar-refractivity contribution in [2.75, 3.05) is 0 Å². The Hall–Kier alpha value is -1.54. The van der Waals surface area contributed by atoms with Gasteiger partial charge in [0.25, 0.3) is 0 Å². The highest BCUT2D eigenvalue weighted by Gasteiger charge is 2.11. The third-order valence-corrected chi connectivity index (χ3v) is 3.82.